The fraction of sp³-hybridized carbons (Fsp3) is 0.684. The summed E-state index contributed by atoms with van der Waals surface area (Å²) in [5.74, 6) is 0. The van der Waals surface area contributed by atoms with Crippen molar-refractivity contribution >= 4 is 0 Å². The van der Waals surface area contributed by atoms with Crippen LogP contribution in [0.5, 0.6) is 0 Å². The zero-order chi connectivity index (χ0) is 15.1. The van der Waals surface area contributed by atoms with Crippen LogP contribution in [0.15, 0.2) is 24.3 Å². The molecule has 1 aliphatic rings. The Bertz CT molecular complexity index is 421. The summed E-state index contributed by atoms with van der Waals surface area (Å²) in [7, 11) is 2.28. The van der Waals surface area contributed by atoms with Crippen LogP contribution in [0.3, 0.4) is 0 Å². The van der Waals surface area contributed by atoms with E-state index in [1.807, 2.05) is 0 Å². The normalized spacial score (nSPS) is 17.5. The fourth-order valence-corrected chi connectivity index (χ4v) is 3.75. The molecular weight excluding hydrogens is 256 g/mol. The van der Waals surface area contributed by atoms with Crippen molar-refractivity contribution < 1.29 is 0 Å². The van der Waals surface area contributed by atoms with E-state index in [-0.39, 0.29) is 0 Å². The predicted molar refractivity (Wildman–Crippen MR) is 91.6 cm³/mol. The van der Waals surface area contributed by atoms with Crippen molar-refractivity contribution in [2.45, 2.75) is 52.5 Å². The molecule has 1 aliphatic carbocycles. The first-order chi connectivity index (χ1) is 10.2. The van der Waals surface area contributed by atoms with E-state index in [1.165, 1.54) is 56.3 Å². The summed E-state index contributed by atoms with van der Waals surface area (Å²) >= 11 is 0. The predicted octanol–water partition coefficient (Wildman–Crippen LogP) is 3.99. The minimum Gasteiger partial charge on any atom is -0.316 e. The average molecular weight is 288 g/mol. The van der Waals surface area contributed by atoms with E-state index >= 15 is 0 Å². The van der Waals surface area contributed by atoms with Crippen molar-refractivity contribution in [2.75, 3.05) is 26.7 Å². The number of nitrogens with zero attached hydrogens (tertiary/aromatic N) is 1. The van der Waals surface area contributed by atoms with Crippen LogP contribution in [0.2, 0.25) is 0 Å². The Kier molecular flexibility index (Phi) is 6.25. The van der Waals surface area contributed by atoms with Crippen LogP contribution in [-0.4, -0.2) is 31.6 Å². The van der Waals surface area contributed by atoms with Gasteiger partial charge in [-0.15, -0.1) is 0 Å². The maximum Gasteiger partial charge on any atom is 0.0233 e. The standard InChI is InChI=1S/C19H32N2/c1-4-13-20-15-19(11-7-8-12-19)16-21(3)14-18-10-6-5-9-17(18)2/h5-6,9-10,20H,4,7-8,11-16H2,1-3H3. The van der Waals surface area contributed by atoms with Gasteiger partial charge in [-0.05, 0) is 56.3 Å². The lowest BCUT2D eigenvalue weighted by Crippen LogP contribution is -2.41. The molecule has 1 aromatic carbocycles. The van der Waals surface area contributed by atoms with E-state index in [0.717, 1.165) is 13.1 Å². The molecule has 0 atom stereocenters. The lowest BCUT2D eigenvalue weighted by Gasteiger charge is -2.34. The van der Waals surface area contributed by atoms with Crippen LogP contribution in [0.25, 0.3) is 0 Å². The molecule has 118 valence electrons. The van der Waals surface area contributed by atoms with Crippen molar-refractivity contribution in [2.24, 2.45) is 5.41 Å². The number of nitrogens with one attached hydrogen (secondary N) is 1. The highest BCUT2D eigenvalue weighted by molar-refractivity contribution is 5.25. The molecule has 0 aliphatic heterocycles. The van der Waals surface area contributed by atoms with Crippen molar-refractivity contribution in [3.63, 3.8) is 0 Å². The molecule has 0 saturated heterocycles. The van der Waals surface area contributed by atoms with Gasteiger partial charge in [0.25, 0.3) is 0 Å². The molecule has 1 N–H and O–H groups in total. The molecule has 0 amide bonds. The molecule has 0 heterocycles. The quantitative estimate of drug-likeness (QED) is 0.728. The van der Waals surface area contributed by atoms with Gasteiger partial charge in [-0.3, -0.25) is 0 Å². The third-order valence-electron chi connectivity index (χ3n) is 4.90. The highest BCUT2D eigenvalue weighted by atomic mass is 15.1. The Hall–Kier alpha value is -0.860. The molecule has 0 spiro atoms. The molecule has 0 bridgehead atoms. The Morgan fingerprint density at radius 2 is 1.90 bits per heavy atom. The first-order valence-electron chi connectivity index (χ1n) is 8.59. The molecule has 2 rings (SSSR count). The number of rotatable bonds is 8. The van der Waals surface area contributed by atoms with Gasteiger partial charge in [0, 0.05) is 19.6 Å². The fourth-order valence-electron chi connectivity index (χ4n) is 3.75. The zero-order valence-electron chi connectivity index (χ0n) is 14.1. The van der Waals surface area contributed by atoms with Gasteiger partial charge in [0.05, 0.1) is 0 Å². The minimum atomic E-state index is 0.507. The summed E-state index contributed by atoms with van der Waals surface area (Å²) < 4.78 is 0. The lowest BCUT2D eigenvalue weighted by atomic mass is 9.85. The lowest BCUT2D eigenvalue weighted by molar-refractivity contribution is 0.167. The smallest absolute Gasteiger partial charge is 0.0233 e. The number of aryl methyl sites for hydroxylation is 1. The Morgan fingerprint density at radius 3 is 2.57 bits per heavy atom. The maximum absolute atomic E-state index is 3.67. The van der Waals surface area contributed by atoms with Gasteiger partial charge in [-0.2, -0.15) is 0 Å². The minimum absolute atomic E-state index is 0.507. The second-order valence-corrected chi connectivity index (χ2v) is 6.98. The van der Waals surface area contributed by atoms with E-state index in [4.69, 9.17) is 0 Å². The molecule has 0 aromatic heterocycles. The van der Waals surface area contributed by atoms with Crippen LogP contribution in [0, 0.1) is 12.3 Å². The van der Waals surface area contributed by atoms with Crippen molar-refractivity contribution in [3.05, 3.63) is 35.4 Å². The highest BCUT2D eigenvalue weighted by Gasteiger charge is 2.34. The number of hydrogen-bond acceptors (Lipinski definition) is 2. The van der Waals surface area contributed by atoms with Gasteiger partial charge < -0.3 is 10.2 Å². The van der Waals surface area contributed by atoms with Gasteiger partial charge >= 0.3 is 0 Å². The SMILES string of the molecule is CCCNCC1(CN(C)Cc2ccccc2C)CCCC1. The van der Waals surface area contributed by atoms with E-state index in [0.29, 0.717) is 5.41 Å². The summed E-state index contributed by atoms with van der Waals surface area (Å²) in [6.45, 7) is 9.11. The van der Waals surface area contributed by atoms with Gasteiger partial charge in [-0.1, -0.05) is 44.0 Å². The maximum atomic E-state index is 3.67. The second-order valence-electron chi connectivity index (χ2n) is 6.98. The molecule has 2 heteroatoms. The first-order valence-corrected chi connectivity index (χ1v) is 8.59. The first kappa shape index (κ1) is 16.5. The highest BCUT2D eigenvalue weighted by Crippen LogP contribution is 2.38. The third kappa shape index (κ3) is 4.82. The van der Waals surface area contributed by atoms with E-state index in [2.05, 4.69) is 55.4 Å². The summed E-state index contributed by atoms with van der Waals surface area (Å²) in [5.41, 5.74) is 3.38. The molecule has 0 unspecified atom stereocenters. The van der Waals surface area contributed by atoms with Crippen molar-refractivity contribution in [3.8, 4) is 0 Å². The number of hydrogen-bond donors (Lipinski definition) is 1. The second kappa shape index (κ2) is 7.95. The largest absolute Gasteiger partial charge is 0.316 e. The van der Waals surface area contributed by atoms with Gasteiger partial charge in [0.15, 0.2) is 0 Å². The molecule has 0 radical (unpaired) electrons. The van der Waals surface area contributed by atoms with Crippen LogP contribution < -0.4 is 5.32 Å². The van der Waals surface area contributed by atoms with Gasteiger partial charge in [0.1, 0.15) is 0 Å². The molecular formula is C19H32N2. The van der Waals surface area contributed by atoms with Gasteiger partial charge in [0.2, 0.25) is 0 Å². The molecule has 1 saturated carbocycles. The Balaban J connectivity index is 1.92. The Labute approximate surface area is 130 Å². The van der Waals surface area contributed by atoms with E-state index < -0.39 is 0 Å². The van der Waals surface area contributed by atoms with Crippen molar-refractivity contribution in [1.82, 2.24) is 10.2 Å². The van der Waals surface area contributed by atoms with Gasteiger partial charge in [-0.25, -0.2) is 0 Å². The summed E-state index contributed by atoms with van der Waals surface area (Å²) in [4.78, 5) is 2.53. The Morgan fingerprint density at radius 1 is 1.19 bits per heavy atom. The topological polar surface area (TPSA) is 15.3 Å². The van der Waals surface area contributed by atoms with E-state index in [9.17, 15) is 0 Å². The van der Waals surface area contributed by atoms with E-state index in [1.54, 1.807) is 0 Å². The summed E-state index contributed by atoms with van der Waals surface area (Å²) in [5, 5.41) is 3.67. The number of benzene rings is 1. The monoisotopic (exact) mass is 288 g/mol. The van der Waals surface area contributed by atoms with Crippen LogP contribution in [0.4, 0.5) is 0 Å². The zero-order valence-corrected chi connectivity index (χ0v) is 14.1. The van der Waals surface area contributed by atoms with Crippen molar-refractivity contribution in [1.29, 1.82) is 0 Å². The summed E-state index contributed by atoms with van der Waals surface area (Å²) in [6, 6.07) is 8.77. The molecule has 1 fully saturated rings. The van der Waals surface area contributed by atoms with Crippen LogP contribution >= 0.6 is 0 Å². The molecule has 1 aromatic rings. The van der Waals surface area contributed by atoms with Crippen LogP contribution in [-0.2, 0) is 6.54 Å². The summed E-state index contributed by atoms with van der Waals surface area (Å²) in [6.07, 6.45) is 6.83. The molecule has 21 heavy (non-hydrogen) atoms. The van der Waals surface area contributed by atoms with Crippen LogP contribution in [0.1, 0.15) is 50.2 Å². The average Bonchev–Trinajstić information content (AvgIpc) is 2.90. The molecule has 2 nitrogen and oxygen atoms in total. The third-order valence-corrected chi connectivity index (χ3v) is 4.90.